The molecule has 152 valence electrons. The molecule has 0 bridgehead atoms. The average molecular weight is 501 g/mol. The van der Waals surface area contributed by atoms with Crippen LogP contribution in [0.5, 0.6) is 0 Å². The summed E-state index contributed by atoms with van der Waals surface area (Å²) in [5.74, 6) is 1.57. The van der Waals surface area contributed by atoms with Crippen molar-refractivity contribution in [1.29, 1.82) is 0 Å². The minimum atomic E-state index is -3.13. The van der Waals surface area contributed by atoms with Gasteiger partial charge in [0.05, 0.1) is 11.9 Å². The lowest BCUT2D eigenvalue weighted by atomic mass is 10.1. The number of aryl methyl sites for hydroxylation is 2. The Hall–Kier alpha value is -0.880. The first-order valence-corrected chi connectivity index (χ1v) is 10.6. The third kappa shape index (κ3) is 7.78. The average Bonchev–Trinajstić information content (AvgIpc) is 2.98. The first kappa shape index (κ1) is 25.1. The maximum atomic E-state index is 11.6. The van der Waals surface area contributed by atoms with E-state index in [1.54, 1.807) is 7.05 Å². The third-order valence-corrected chi connectivity index (χ3v) is 5.34. The zero-order valence-electron chi connectivity index (χ0n) is 16.3. The Labute approximate surface area is 174 Å². The molecule has 0 saturated heterocycles. The SMILES string of the molecule is CCc1noc(CC)c1CNC(=NC)NCCCN(CC)S(C)(=O)=O.I. The fourth-order valence-electron chi connectivity index (χ4n) is 2.55. The second-order valence-corrected chi connectivity index (χ2v) is 7.68. The van der Waals surface area contributed by atoms with Crippen LogP contribution < -0.4 is 10.6 Å². The van der Waals surface area contributed by atoms with Crippen molar-refractivity contribution >= 4 is 40.0 Å². The van der Waals surface area contributed by atoms with Crippen LogP contribution >= 0.6 is 24.0 Å². The number of nitrogens with zero attached hydrogens (tertiary/aromatic N) is 3. The molecule has 1 aromatic rings. The van der Waals surface area contributed by atoms with Gasteiger partial charge in [0.1, 0.15) is 5.76 Å². The smallest absolute Gasteiger partial charge is 0.211 e. The topological polar surface area (TPSA) is 99.8 Å². The molecule has 1 aromatic heterocycles. The second kappa shape index (κ2) is 12.5. The monoisotopic (exact) mass is 501 g/mol. The highest BCUT2D eigenvalue weighted by atomic mass is 127. The summed E-state index contributed by atoms with van der Waals surface area (Å²) in [4.78, 5) is 4.20. The molecule has 2 N–H and O–H groups in total. The molecule has 0 aromatic carbocycles. The summed E-state index contributed by atoms with van der Waals surface area (Å²) in [6, 6.07) is 0. The molecule has 1 rings (SSSR count). The summed E-state index contributed by atoms with van der Waals surface area (Å²) in [6.07, 6.45) is 3.56. The lowest BCUT2D eigenvalue weighted by Crippen LogP contribution is -2.39. The van der Waals surface area contributed by atoms with Gasteiger partial charge in [-0.2, -0.15) is 0 Å². The summed E-state index contributed by atoms with van der Waals surface area (Å²) < 4.78 is 29.9. The molecule has 0 spiro atoms. The molecule has 10 heteroatoms. The molecule has 0 unspecified atom stereocenters. The maximum absolute atomic E-state index is 11.6. The molecular weight excluding hydrogens is 469 g/mol. The van der Waals surface area contributed by atoms with Crippen molar-refractivity contribution in [2.75, 3.05) is 32.9 Å². The number of hydrogen-bond acceptors (Lipinski definition) is 5. The van der Waals surface area contributed by atoms with Crippen molar-refractivity contribution in [2.45, 2.75) is 46.6 Å². The van der Waals surface area contributed by atoms with Gasteiger partial charge < -0.3 is 15.2 Å². The van der Waals surface area contributed by atoms with Crippen molar-refractivity contribution in [3.8, 4) is 0 Å². The second-order valence-electron chi connectivity index (χ2n) is 5.70. The number of nitrogens with one attached hydrogen (secondary N) is 2. The highest BCUT2D eigenvalue weighted by Gasteiger charge is 2.14. The lowest BCUT2D eigenvalue weighted by molar-refractivity contribution is 0.380. The molecular formula is C16H32IN5O3S. The molecule has 1 heterocycles. The molecule has 0 aliphatic heterocycles. The van der Waals surface area contributed by atoms with Crippen molar-refractivity contribution in [3.63, 3.8) is 0 Å². The van der Waals surface area contributed by atoms with E-state index in [4.69, 9.17) is 4.52 Å². The van der Waals surface area contributed by atoms with Gasteiger partial charge in [0.15, 0.2) is 5.96 Å². The summed E-state index contributed by atoms with van der Waals surface area (Å²) >= 11 is 0. The van der Waals surface area contributed by atoms with Gasteiger partial charge in [0.2, 0.25) is 10.0 Å². The van der Waals surface area contributed by atoms with E-state index in [0.717, 1.165) is 29.9 Å². The quantitative estimate of drug-likeness (QED) is 0.219. The molecule has 0 radical (unpaired) electrons. The lowest BCUT2D eigenvalue weighted by Gasteiger charge is -2.18. The highest BCUT2D eigenvalue weighted by Crippen LogP contribution is 2.15. The molecule has 0 amide bonds. The largest absolute Gasteiger partial charge is 0.361 e. The Morgan fingerprint density at radius 1 is 1.23 bits per heavy atom. The number of rotatable bonds is 10. The highest BCUT2D eigenvalue weighted by molar-refractivity contribution is 14.0. The van der Waals surface area contributed by atoms with Gasteiger partial charge in [-0.05, 0) is 12.8 Å². The predicted octanol–water partition coefficient (Wildman–Crippen LogP) is 1.75. The number of halogens is 1. The van der Waals surface area contributed by atoms with E-state index in [1.165, 1.54) is 10.6 Å². The molecule has 0 aliphatic carbocycles. The number of sulfonamides is 1. The number of hydrogen-bond donors (Lipinski definition) is 2. The molecule has 26 heavy (non-hydrogen) atoms. The summed E-state index contributed by atoms with van der Waals surface area (Å²) in [6.45, 7) is 8.14. The van der Waals surface area contributed by atoms with E-state index in [9.17, 15) is 8.42 Å². The standard InChI is InChI=1S/C16H31N5O3S.HI/c1-6-14-13(15(7-2)24-20-14)12-19-16(17-4)18-10-9-11-21(8-3)25(5,22)23;/h6-12H2,1-5H3,(H2,17,18,19);1H. The van der Waals surface area contributed by atoms with E-state index in [1.807, 2.05) is 13.8 Å². The van der Waals surface area contributed by atoms with Crippen LogP contribution in [0.2, 0.25) is 0 Å². The number of aromatic nitrogens is 1. The van der Waals surface area contributed by atoms with Gasteiger partial charge in [-0.3, -0.25) is 4.99 Å². The Morgan fingerprint density at radius 2 is 1.92 bits per heavy atom. The third-order valence-electron chi connectivity index (χ3n) is 3.96. The Morgan fingerprint density at radius 3 is 2.42 bits per heavy atom. The van der Waals surface area contributed by atoms with E-state index in [-0.39, 0.29) is 24.0 Å². The van der Waals surface area contributed by atoms with Crippen LogP contribution in [0, 0.1) is 0 Å². The first-order valence-electron chi connectivity index (χ1n) is 8.73. The Kier molecular flexibility index (Phi) is 12.1. The zero-order valence-corrected chi connectivity index (χ0v) is 19.5. The zero-order chi connectivity index (χ0) is 18.9. The number of guanidine groups is 1. The van der Waals surface area contributed by atoms with Crippen molar-refractivity contribution in [3.05, 3.63) is 17.0 Å². The van der Waals surface area contributed by atoms with Gasteiger partial charge in [-0.15, -0.1) is 24.0 Å². The van der Waals surface area contributed by atoms with Gasteiger partial charge in [-0.1, -0.05) is 25.9 Å². The summed E-state index contributed by atoms with van der Waals surface area (Å²) in [7, 11) is -1.43. The molecule has 0 fully saturated rings. The van der Waals surface area contributed by atoms with E-state index in [0.29, 0.717) is 38.6 Å². The van der Waals surface area contributed by atoms with Crippen LogP contribution in [0.4, 0.5) is 0 Å². The molecule has 8 nitrogen and oxygen atoms in total. The van der Waals surface area contributed by atoms with E-state index in [2.05, 4.69) is 27.7 Å². The number of aliphatic imine (C=N–C) groups is 1. The molecule has 0 saturated carbocycles. The van der Waals surface area contributed by atoms with Crippen molar-refractivity contribution in [2.24, 2.45) is 4.99 Å². The first-order chi connectivity index (χ1) is 11.9. The predicted molar refractivity (Wildman–Crippen MR) is 116 cm³/mol. The van der Waals surface area contributed by atoms with Gasteiger partial charge in [0, 0.05) is 45.2 Å². The Balaban J connectivity index is 0.00000625. The molecule has 0 aliphatic rings. The van der Waals surface area contributed by atoms with Crippen LogP contribution in [0.1, 0.15) is 44.2 Å². The van der Waals surface area contributed by atoms with Gasteiger partial charge >= 0.3 is 0 Å². The summed E-state index contributed by atoms with van der Waals surface area (Å²) in [5.41, 5.74) is 2.05. The van der Waals surface area contributed by atoms with Crippen LogP contribution in [0.25, 0.3) is 0 Å². The normalized spacial score (nSPS) is 12.2. The van der Waals surface area contributed by atoms with Crippen LogP contribution in [-0.4, -0.2) is 56.8 Å². The van der Waals surface area contributed by atoms with Crippen molar-refractivity contribution < 1.29 is 12.9 Å². The van der Waals surface area contributed by atoms with E-state index >= 15 is 0 Å². The van der Waals surface area contributed by atoms with Crippen LogP contribution in [0.15, 0.2) is 9.52 Å². The minimum absolute atomic E-state index is 0. The van der Waals surface area contributed by atoms with Crippen molar-refractivity contribution in [1.82, 2.24) is 20.1 Å². The van der Waals surface area contributed by atoms with Gasteiger partial charge in [-0.25, -0.2) is 12.7 Å². The fourth-order valence-corrected chi connectivity index (χ4v) is 3.48. The minimum Gasteiger partial charge on any atom is -0.361 e. The van der Waals surface area contributed by atoms with Crippen LogP contribution in [-0.2, 0) is 29.4 Å². The van der Waals surface area contributed by atoms with E-state index < -0.39 is 10.0 Å². The van der Waals surface area contributed by atoms with Crippen LogP contribution in [0.3, 0.4) is 0 Å². The molecule has 0 atom stereocenters. The summed E-state index contributed by atoms with van der Waals surface area (Å²) in [5, 5.41) is 10.6. The Bertz CT molecular complexity index is 639. The van der Waals surface area contributed by atoms with Gasteiger partial charge in [0.25, 0.3) is 0 Å². The fraction of sp³-hybridized carbons (Fsp3) is 0.750. The maximum Gasteiger partial charge on any atom is 0.211 e.